The van der Waals surface area contributed by atoms with Crippen LogP contribution >= 0.6 is 0 Å². The average molecular weight is 156 g/mol. The lowest BCUT2D eigenvalue weighted by molar-refractivity contribution is -0.132. The quantitative estimate of drug-likeness (QED) is 0.625. The Morgan fingerprint density at radius 1 is 1.55 bits per heavy atom. The highest BCUT2D eigenvalue weighted by Crippen LogP contribution is 2.33. The van der Waals surface area contributed by atoms with Crippen LogP contribution in [0.25, 0.3) is 0 Å². The Morgan fingerprint density at radius 3 is 2.55 bits per heavy atom. The molecule has 2 heteroatoms. The zero-order chi connectivity index (χ0) is 8.48. The molecule has 64 valence electrons. The lowest BCUT2D eigenvalue weighted by atomic mass is 9.75. The van der Waals surface area contributed by atoms with Crippen molar-refractivity contribution in [1.82, 2.24) is 0 Å². The molecule has 11 heavy (non-hydrogen) atoms. The fourth-order valence-corrected chi connectivity index (χ4v) is 1.96. The van der Waals surface area contributed by atoms with Gasteiger partial charge in [-0.15, -0.1) is 0 Å². The molecule has 0 radical (unpaired) electrons. The van der Waals surface area contributed by atoms with E-state index in [1.54, 1.807) is 13.8 Å². The van der Waals surface area contributed by atoms with E-state index in [1.165, 1.54) is 0 Å². The van der Waals surface area contributed by atoms with Crippen LogP contribution in [-0.2, 0) is 4.79 Å². The molecule has 0 amide bonds. The number of carbonyl (C=O) groups excluding carboxylic acids is 1. The predicted octanol–water partition coefficient (Wildman–Crippen LogP) is 1.52. The molecule has 1 fully saturated rings. The van der Waals surface area contributed by atoms with Crippen LogP contribution in [0.15, 0.2) is 0 Å². The average Bonchev–Trinajstić information content (AvgIpc) is 1.85. The fourth-order valence-electron chi connectivity index (χ4n) is 1.96. The second-order valence-electron chi connectivity index (χ2n) is 3.77. The SMILES string of the molecule is CC(=O)C1CCCCC1(C)O. The molecule has 0 aromatic rings. The van der Waals surface area contributed by atoms with Gasteiger partial charge in [-0.05, 0) is 26.7 Å². The Bertz CT molecular complexity index is 161. The summed E-state index contributed by atoms with van der Waals surface area (Å²) in [5, 5.41) is 9.78. The first kappa shape index (κ1) is 8.72. The highest BCUT2D eigenvalue weighted by molar-refractivity contribution is 5.79. The molecule has 2 atom stereocenters. The van der Waals surface area contributed by atoms with Crippen LogP contribution in [0.5, 0.6) is 0 Å². The van der Waals surface area contributed by atoms with Crippen molar-refractivity contribution in [1.29, 1.82) is 0 Å². The molecule has 0 aromatic heterocycles. The maximum absolute atomic E-state index is 11.1. The third kappa shape index (κ3) is 1.80. The fraction of sp³-hybridized carbons (Fsp3) is 0.889. The van der Waals surface area contributed by atoms with Crippen LogP contribution in [0.1, 0.15) is 39.5 Å². The van der Waals surface area contributed by atoms with E-state index < -0.39 is 5.60 Å². The molecular formula is C9H16O2. The summed E-state index contributed by atoms with van der Waals surface area (Å²) >= 11 is 0. The van der Waals surface area contributed by atoms with Gasteiger partial charge in [-0.3, -0.25) is 4.79 Å². The van der Waals surface area contributed by atoms with Crippen LogP contribution in [0, 0.1) is 5.92 Å². The molecule has 0 heterocycles. The van der Waals surface area contributed by atoms with Crippen molar-refractivity contribution in [2.75, 3.05) is 0 Å². The molecule has 2 nitrogen and oxygen atoms in total. The standard InChI is InChI=1S/C9H16O2/c1-7(10)8-5-3-4-6-9(8,2)11/h8,11H,3-6H2,1-2H3. The van der Waals surface area contributed by atoms with Gasteiger partial charge in [0.1, 0.15) is 5.78 Å². The van der Waals surface area contributed by atoms with Gasteiger partial charge in [-0.2, -0.15) is 0 Å². The van der Waals surface area contributed by atoms with Gasteiger partial charge in [-0.1, -0.05) is 12.8 Å². The number of aliphatic hydroxyl groups is 1. The van der Waals surface area contributed by atoms with Crippen molar-refractivity contribution >= 4 is 5.78 Å². The summed E-state index contributed by atoms with van der Waals surface area (Å²) in [6.07, 6.45) is 3.77. The first-order chi connectivity index (χ1) is 5.04. The third-order valence-electron chi connectivity index (χ3n) is 2.67. The van der Waals surface area contributed by atoms with Crippen LogP contribution < -0.4 is 0 Å². The molecule has 2 unspecified atom stereocenters. The Labute approximate surface area is 67.6 Å². The highest BCUT2D eigenvalue weighted by Gasteiger charge is 2.36. The molecule has 0 aliphatic heterocycles. The second-order valence-corrected chi connectivity index (χ2v) is 3.77. The monoisotopic (exact) mass is 156 g/mol. The molecule has 1 saturated carbocycles. The van der Waals surface area contributed by atoms with E-state index in [-0.39, 0.29) is 11.7 Å². The lowest BCUT2D eigenvalue weighted by Crippen LogP contribution is -2.41. The minimum atomic E-state index is -0.732. The van der Waals surface area contributed by atoms with Crippen molar-refractivity contribution in [3.05, 3.63) is 0 Å². The van der Waals surface area contributed by atoms with Gasteiger partial charge >= 0.3 is 0 Å². The Morgan fingerprint density at radius 2 is 2.18 bits per heavy atom. The van der Waals surface area contributed by atoms with Gasteiger partial charge < -0.3 is 5.11 Å². The molecule has 0 bridgehead atoms. The molecule has 0 saturated heterocycles. The topological polar surface area (TPSA) is 37.3 Å². The van der Waals surface area contributed by atoms with E-state index in [0.29, 0.717) is 0 Å². The first-order valence-corrected chi connectivity index (χ1v) is 4.27. The van der Waals surface area contributed by atoms with Crippen LogP contribution in [-0.4, -0.2) is 16.5 Å². The van der Waals surface area contributed by atoms with E-state index >= 15 is 0 Å². The van der Waals surface area contributed by atoms with Crippen molar-refractivity contribution in [3.8, 4) is 0 Å². The van der Waals surface area contributed by atoms with Crippen LogP contribution in [0.4, 0.5) is 0 Å². The van der Waals surface area contributed by atoms with Crippen LogP contribution in [0.2, 0.25) is 0 Å². The second kappa shape index (κ2) is 2.94. The number of Topliss-reactive ketones (excluding diaryl/α,β-unsaturated/α-hetero) is 1. The number of ketones is 1. The summed E-state index contributed by atoms with van der Waals surface area (Å²) in [5.74, 6) is 0.0194. The first-order valence-electron chi connectivity index (χ1n) is 4.27. The van der Waals surface area contributed by atoms with Crippen LogP contribution in [0.3, 0.4) is 0 Å². The van der Waals surface area contributed by atoms with Gasteiger partial charge in [0.05, 0.1) is 5.60 Å². The highest BCUT2D eigenvalue weighted by atomic mass is 16.3. The molecule has 0 spiro atoms. The minimum absolute atomic E-state index is 0.115. The summed E-state index contributed by atoms with van der Waals surface area (Å²) in [7, 11) is 0. The molecule has 1 aliphatic carbocycles. The summed E-state index contributed by atoms with van der Waals surface area (Å²) in [5.41, 5.74) is -0.732. The Kier molecular flexibility index (Phi) is 2.33. The van der Waals surface area contributed by atoms with Crippen molar-refractivity contribution in [3.63, 3.8) is 0 Å². The van der Waals surface area contributed by atoms with Crippen molar-refractivity contribution in [2.45, 2.75) is 45.1 Å². The maximum atomic E-state index is 11.1. The zero-order valence-corrected chi connectivity index (χ0v) is 7.26. The van der Waals surface area contributed by atoms with E-state index in [9.17, 15) is 9.90 Å². The summed E-state index contributed by atoms with van der Waals surface area (Å²) in [4.78, 5) is 11.1. The molecule has 1 rings (SSSR count). The molecule has 0 aromatic carbocycles. The largest absolute Gasteiger partial charge is 0.389 e. The lowest BCUT2D eigenvalue weighted by Gasteiger charge is -2.35. The van der Waals surface area contributed by atoms with E-state index in [4.69, 9.17) is 0 Å². The predicted molar refractivity (Wildman–Crippen MR) is 43.3 cm³/mol. The number of hydrogen-bond donors (Lipinski definition) is 1. The van der Waals surface area contributed by atoms with Gasteiger partial charge in [0, 0.05) is 5.92 Å². The number of carbonyl (C=O) groups is 1. The van der Waals surface area contributed by atoms with Gasteiger partial charge in [0.25, 0.3) is 0 Å². The van der Waals surface area contributed by atoms with E-state index in [2.05, 4.69) is 0 Å². The Hall–Kier alpha value is -0.370. The smallest absolute Gasteiger partial charge is 0.135 e. The summed E-state index contributed by atoms with van der Waals surface area (Å²) in [6.45, 7) is 3.35. The van der Waals surface area contributed by atoms with E-state index in [1.807, 2.05) is 0 Å². The van der Waals surface area contributed by atoms with Gasteiger partial charge in [0.2, 0.25) is 0 Å². The molecule has 1 N–H and O–H groups in total. The van der Waals surface area contributed by atoms with E-state index in [0.717, 1.165) is 25.7 Å². The zero-order valence-electron chi connectivity index (χ0n) is 7.26. The third-order valence-corrected chi connectivity index (χ3v) is 2.67. The van der Waals surface area contributed by atoms with Crippen molar-refractivity contribution in [2.24, 2.45) is 5.92 Å². The molecular weight excluding hydrogens is 140 g/mol. The van der Waals surface area contributed by atoms with Gasteiger partial charge in [0.15, 0.2) is 0 Å². The maximum Gasteiger partial charge on any atom is 0.135 e. The Balaban J connectivity index is 2.67. The van der Waals surface area contributed by atoms with Crippen molar-refractivity contribution < 1.29 is 9.90 Å². The normalized spacial score (nSPS) is 38.6. The van der Waals surface area contributed by atoms with Gasteiger partial charge in [-0.25, -0.2) is 0 Å². The summed E-state index contributed by atoms with van der Waals surface area (Å²) < 4.78 is 0. The number of hydrogen-bond acceptors (Lipinski definition) is 2. The number of rotatable bonds is 1. The molecule has 1 aliphatic rings. The minimum Gasteiger partial charge on any atom is -0.389 e. The summed E-state index contributed by atoms with van der Waals surface area (Å²) in [6, 6.07) is 0.